The largest absolute Gasteiger partial charge is 0.346 e. The van der Waals surface area contributed by atoms with Crippen molar-refractivity contribution in [3.05, 3.63) is 29.8 Å². The van der Waals surface area contributed by atoms with Crippen molar-refractivity contribution in [2.75, 3.05) is 24.5 Å². The molecule has 2 N–H and O–H groups in total. The quantitative estimate of drug-likeness (QED) is 0.761. The summed E-state index contributed by atoms with van der Waals surface area (Å²) in [7, 11) is 0. The molecule has 1 fully saturated rings. The number of anilines is 1. The molecule has 2 heterocycles. The number of fused-ring (bicyclic) bond motifs is 1. The van der Waals surface area contributed by atoms with Crippen LogP contribution in [0.4, 0.5) is 5.69 Å². The van der Waals surface area contributed by atoms with Crippen molar-refractivity contribution in [2.24, 2.45) is 0 Å². The van der Waals surface area contributed by atoms with E-state index in [1.54, 1.807) is 4.90 Å². The van der Waals surface area contributed by atoms with E-state index in [1.807, 2.05) is 38.1 Å². The number of benzene rings is 1. The lowest BCUT2D eigenvalue weighted by atomic mass is 10.1. The molecule has 1 saturated heterocycles. The van der Waals surface area contributed by atoms with Crippen LogP contribution in [0.25, 0.3) is 0 Å². The molecular weight excluding hydrogens is 344 g/mol. The minimum atomic E-state index is -0.819. The van der Waals surface area contributed by atoms with Crippen molar-refractivity contribution in [3.8, 4) is 0 Å². The van der Waals surface area contributed by atoms with Crippen molar-refractivity contribution in [3.63, 3.8) is 0 Å². The molecule has 1 aromatic carbocycles. The van der Waals surface area contributed by atoms with E-state index in [1.165, 1.54) is 0 Å². The second-order valence-corrected chi connectivity index (χ2v) is 7.40. The predicted octanol–water partition coefficient (Wildman–Crippen LogP) is 1.20. The molecule has 0 aromatic heterocycles. The molecule has 0 unspecified atom stereocenters. The summed E-state index contributed by atoms with van der Waals surface area (Å²) in [6.45, 7) is 8.36. The summed E-state index contributed by atoms with van der Waals surface area (Å²) in [6.07, 6.45) is 2.13. The van der Waals surface area contributed by atoms with Gasteiger partial charge in [0.1, 0.15) is 6.04 Å². The zero-order valence-electron chi connectivity index (χ0n) is 16.2. The predicted molar refractivity (Wildman–Crippen MR) is 103 cm³/mol. The number of nitrogens with one attached hydrogen (secondary N) is 2. The van der Waals surface area contributed by atoms with E-state index >= 15 is 0 Å². The lowest BCUT2D eigenvalue weighted by molar-refractivity contribution is -0.140. The molecule has 2 aliphatic heterocycles. The van der Waals surface area contributed by atoms with Gasteiger partial charge in [-0.05, 0) is 45.8 Å². The molecule has 2 aliphatic rings. The summed E-state index contributed by atoms with van der Waals surface area (Å²) >= 11 is 0. The third-order valence-corrected chi connectivity index (χ3v) is 5.39. The summed E-state index contributed by atoms with van der Waals surface area (Å²) in [4.78, 5) is 41.4. The van der Waals surface area contributed by atoms with E-state index in [0.29, 0.717) is 6.54 Å². The number of amides is 3. The van der Waals surface area contributed by atoms with E-state index in [0.717, 1.165) is 37.2 Å². The van der Waals surface area contributed by atoms with Crippen LogP contribution in [0.2, 0.25) is 0 Å². The van der Waals surface area contributed by atoms with Crippen LogP contribution in [0.1, 0.15) is 45.2 Å². The first-order valence-corrected chi connectivity index (χ1v) is 9.68. The number of para-hydroxylation sites is 1. The Balaban J connectivity index is 1.63. The van der Waals surface area contributed by atoms with E-state index in [4.69, 9.17) is 0 Å². The summed E-state index contributed by atoms with van der Waals surface area (Å²) in [5, 5.41) is 5.33. The maximum atomic E-state index is 12.8. The van der Waals surface area contributed by atoms with Gasteiger partial charge >= 0.3 is 11.8 Å². The second kappa shape index (κ2) is 8.08. The van der Waals surface area contributed by atoms with Crippen molar-refractivity contribution in [1.29, 1.82) is 0 Å². The third-order valence-electron chi connectivity index (χ3n) is 5.39. The van der Waals surface area contributed by atoms with Gasteiger partial charge in [0.2, 0.25) is 0 Å². The molecule has 1 aromatic rings. The molecule has 7 nitrogen and oxygen atoms in total. The Bertz CT molecular complexity index is 734. The van der Waals surface area contributed by atoms with E-state index in [9.17, 15) is 14.4 Å². The van der Waals surface area contributed by atoms with E-state index in [2.05, 4.69) is 22.5 Å². The minimum Gasteiger partial charge on any atom is -0.346 e. The van der Waals surface area contributed by atoms with Gasteiger partial charge in [0.05, 0.1) is 0 Å². The first-order valence-electron chi connectivity index (χ1n) is 9.68. The zero-order valence-corrected chi connectivity index (χ0v) is 16.2. The van der Waals surface area contributed by atoms with Crippen LogP contribution in [0.5, 0.6) is 0 Å². The molecule has 2 atom stereocenters. The first kappa shape index (κ1) is 19.4. The van der Waals surface area contributed by atoms with Gasteiger partial charge in [-0.15, -0.1) is 0 Å². The maximum Gasteiger partial charge on any atom is 0.310 e. The van der Waals surface area contributed by atoms with E-state index in [-0.39, 0.29) is 18.0 Å². The summed E-state index contributed by atoms with van der Waals surface area (Å²) < 4.78 is 0. The number of carbonyl (C=O) groups is 3. The number of rotatable bonds is 5. The number of likely N-dealkylation sites (N-methyl/N-ethyl adjacent to an activating group) is 1. The van der Waals surface area contributed by atoms with Crippen LogP contribution in [-0.2, 0) is 14.4 Å². The molecule has 3 rings (SSSR count). The number of hydrogen-bond donors (Lipinski definition) is 2. The molecular formula is C20H28N4O3. The van der Waals surface area contributed by atoms with Crippen molar-refractivity contribution < 1.29 is 14.4 Å². The van der Waals surface area contributed by atoms with Crippen LogP contribution < -0.4 is 15.5 Å². The molecule has 146 valence electrons. The lowest BCUT2D eigenvalue weighted by Gasteiger charge is -2.23. The Kier molecular flexibility index (Phi) is 5.79. The highest BCUT2D eigenvalue weighted by Gasteiger charge is 2.40. The molecule has 27 heavy (non-hydrogen) atoms. The smallest absolute Gasteiger partial charge is 0.310 e. The number of likely N-dealkylation sites (tertiary alicyclic amines) is 1. The molecule has 0 aliphatic carbocycles. The molecule has 0 radical (unpaired) electrons. The van der Waals surface area contributed by atoms with Crippen LogP contribution >= 0.6 is 0 Å². The molecule has 0 bridgehead atoms. The topological polar surface area (TPSA) is 81.8 Å². The Morgan fingerprint density at radius 1 is 1.22 bits per heavy atom. The van der Waals surface area contributed by atoms with Gasteiger partial charge in [0.25, 0.3) is 5.91 Å². The van der Waals surface area contributed by atoms with Crippen molar-refractivity contribution in [2.45, 2.75) is 51.7 Å². The average molecular weight is 372 g/mol. The minimum absolute atomic E-state index is 0.0308. The lowest BCUT2D eigenvalue weighted by Crippen LogP contribution is -2.48. The molecule has 3 amide bonds. The number of hydrogen-bond acceptors (Lipinski definition) is 4. The Morgan fingerprint density at radius 2 is 1.96 bits per heavy atom. The van der Waals surface area contributed by atoms with Gasteiger partial charge in [-0.2, -0.15) is 0 Å². The Hall–Kier alpha value is -2.41. The zero-order chi connectivity index (χ0) is 19.6. The van der Waals surface area contributed by atoms with Crippen LogP contribution in [0.3, 0.4) is 0 Å². The second-order valence-electron chi connectivity index (χ2n) is 7.40. The maximum absolute atomic E-state index is 12.8. The summed E-state index contributed by atoms with van der Waals surface area (Å²) in [6, 6.07) is 6.79. The van der Waals surface area contributed by atoms with Crippen molar-refractivity contribution in [1.82, 2.24) is 15.5 Å². The first-order chi connectivity index (χ1) is 12.9. The highest BCUT2D eigenvalue weighted by atomic mass is 16.2. The highest BCUT2D eigenvalue weighted by Crippen LogP contribution is 2.36. The number of nitrogens with zero attached hydrogens (tertiary/aromatic N) is 2. The molecule has 7 heteroatoms. The van der Waals surface area contributed by atoms with Gasteiger partial charge in [-0.1, -0.05) is 25.1 Å². The monoisotopic (exact) mass is 372 g/mol. The summed E-state index contributed by atoms with van der Waals surface area (Å²) in [5.74, 6) is -1.67. The van der Waals surface area contributed by atoms with Gasteiger partial charge < -0.3 is 15.5 Å². The highest BCUT2D eigenvalue weighted by molar-refractivity contribution is 6.35. The third kappa shape index (κ3) is 3.83. The Labute approximate surface area is 160 Å². The SMILES string of the molecule is CCN1CCC[C@@H]1CNC(=O)C(=O)N[C@@H]1C(=O)N(C(C)C)c2ccccc21. The van der Waals surface area contributed by atoms with Crippen LogP contribution in [-0.4, -0.2) is 54.3 Å². The van der Waals surface area contributed by atoms with Gasteiger partial charge in [0, 0.05) is 29.9 Å². The van der Waals surface area contributed by atoms with Crippen LogP contribution in [0, 0.1) is 0 Å². The van der Waals surface area contributed by atoms with E-state index < -0.39 is 17.9 Å². The van der Waals surface area contributed by atoms with Gasteiger partial charge in [-0.25, -0.2) is 0 Å². The summed E-state index contributed by atoms with van der Waals surface area (Å²) in [5.41, 5.74) is 1.51. The normalized spacial score (nSPS) is 22.2. The Morgan fingerprint density at radius 3 is 2.67 bits per heavy atom. The van der Waals surface area contributed by atoms with Gasteiger partial charge in [-0.3, -0.25) is 19.3 Å². The fourth-order valence-electron chi connectivity index (χ4n) is 4.04. The molecule has 0 spiro atoms. The molecule has 0 saturated carbocycles. The fraction of sp³-hybridized carbons (Fsp3) is 0.550. The van der Waals surface area contributed by atoms with Crippen molar-refractivity contribution >= 4 is 23.4 Å². The van der Waals surface area contributed by atoms with Gasteiger partial charge in [0.15, 0.2) is 0 Å². The van der Waals surface area contributed by atoms with Crippen LogP contribution in [0.15, 0.2) is 24.3 Å². The average Bonchev–Trinajstić information content (AvgIpc) is 3.22. The standard InChI is InChI=1S/C20H28N4O3/c1-4-23-11-7-8-14(23)12-21-18(25)19(26)22-17-15-9-5-6-10-16(15)24(13(2)3)20(17)27/h5-6,9-10,13-14,17H,4,7-8,11-12H2,1-3H3,(H,21,25)(H,22,26)/t14-,17+/m1/s1. The number of carbonyl (C=O) groups excluding carboxylic acids is 3. The fourth-order valence-corrected chi connectivity index (χ4v) is 4.04.